The predicted octanol–water partition coefficient (Wildman–Crippen LogP) is -1.54. The number of β-lactam (4-membered cyclic amide) rings is 1. The molecule has 7 heteroatoms. The van der Waals surface area contributed by atoms with Crippen molar-refractivity contribution in [3.8, 4) is 0 Å². The van der Waals surface area contributed by atoms with Crippen LogP contribution in [0.5, 0.6) is 0 Å². The molecule has 140 valence electrons. The fourth-order valence-corrected chi connectivity index (χ4v) is 4.56. The molecular formula is C22H17KN2O4. The second-order valence-corrected chi connectivity index (χ2v) is 7.44. The summed E-state index contributed by atoms with van der Waals surface area (Å²) in [6, 6.07) is 13.2. The maximum atomic E-state index is 12.4. The first-order valence-corrected chi connectivity index (χ1v) is 9.21. The molecule has 1 N–H and O–H groups in total. The molecule has 0 bridgehead atoms. The van der Waals surface area contributed by atoms with Crippen molar-refractivity contribution in [2.45, 2.75) is 25.5 Å². The number of aliphatic carboxylic acids is 1. The standard InChI is InChI=1S/C22H18N2O4.K/c1-11(25)19-18-9-15(20(22(27)28)24(18)21(19)26)12-6-7-17-16(8-12)14-5-3-2-4-13(14)10-23-17;/h2-8,10-11,18-19,25H,9H2,1H3,(H,27,28);/q;+1/p-1. The zero-order valence-electron chi connectivity index (χ0n) is 16.1. The molecule has 3 aromatic rings. The van der Waals surface area contributed by atoms with Gasteiger partial charge in [0.2, 0.25) is 5.91 Å². The van der Waals surface area contributed by atoms with Gasteiger partial charge < -0.3 is 19.9 Å². The van der Waals surface area contributed by atoms with E-state index in [9.17, 15) is 19.8 Å². The van der Waals surface area contributed by atoms with Crippen LogP contribution in [0.3, 0.4) is 0 Å². The molecule has 0 aliphatic carbocycles. The third-order valence-electron chi connectivity index (χ3n) is 5.86. The van der Waals surface area contributed by atoms with E-state index < -0.39 is 18.0 Å². The summed E-state index contributed by atoms with van der Waals surface area (Å²) < 4.78 is 0. The normalized spacial score (nSPS) is 21.7. The molecule has 2 aliphatic rings. The number of carboxylic acids is 1. The van der Waals surface area contributed by atoms with Gasteiger partial charge >= 0.3 is 51.4 Å². The average Bonchev–Trinajstić information content (AvgIpc) is 3.02. The predicted molar refractivity (Wildman–Crippen MR) is 102 cm³/mol. The van der Waals surface area contributed by atoms with Crippen LogP contribution in [0.15, 0.2) is 54.4 Å². The quantitative estimate of drug-likeness (QED) is 0.320. The maximum Gasteiger partial charge on any atom is 1.00 e. The molecule has 1 aromatic heterocycles. The SMILES string of the molecule is CC(O)C1C(=O)N2C(C(=O)[O-])=C(c3ccc4ncc5ccccc5c4c3)CC12.[K+]. The fraction of sp³-hybridized carbons (Fsp3) is 0.227. The number of nitrogens with zero attached hydrogens (tertiary/aromatic N) is 2. The summed E-state index contributed by atoms with van der Waals surface area (Å²) in [5.74, 6) is -2.30. The van der Waals surface area contributed by atoms with Crippen molar-refractivity contribution in [2.75, 3.05) is 0 Å². The number of rotatable bonds is 3. The molecule has 2 aromatic carbocycles. The largest absolute Gasteiger partial charge is 1.00 e. The minimum Gasteiger partial charge on any atom is -0.543 e. The number of benzene rings is 2. The molecule has 1 amide bonds. The molecule has 3 unspecified atom stereocenters. The molecule has 1 fully saturated rings. The Balaban J connectivity index is 0.00000205. The van der Waals surface area contributed by atoms with Crippen LogP contribution in [0.25, 0.3) is 27.2 Å². The van der Waals surface area contributed by atoms with Crippen LogP contribution >= 0.6 is 0 Å². The van der Waals surface area contributed by atoms with Crippen molar-refractivity contribution < 1.29 is 71.2 Å². The van der Waals surface area contributed by atoms with E-state index in [2.05, 4.69) is 4.98 Å². The summed E-state index contributed by atoms with van der Waals surface area (Å²) >= 11 is 0. The van der Waals surface area contributed by atoms with Gasteiger partial charge in [-0.2, -0.15) is 0 Å². The van der Waals surface area contributed by atoms with Gasteiger partial charge in [0.15, 0.2) is 0 Å². The fourth-order valence-electron chi connectivity index (χ4n) is 4.56. The number of carbonyl (C=O) groups is 2. The Bertz CT molecular complexity index is 1200. The molecule has 0 spiro atoms. The Morgan fingerprint density at radius 2 is 2.00 bits per heavy atom. The first-order chi connectivity index (χ1) is 13.5. The van der Waals surface area contributed by atoms with Gasteiger partial charge in [0.1, 0.15) is 0 Å². The molecular weight excluding hydrogens is 395 g/mol. The maximum absolute atomic E-state index is 12.4. The third-order valence-corrected chi connectivity index (χ3v) is 5.86. The Labute approximate surface area is 209 Å². The van der Waals surface area contributed by atoms with Gasteiger partial charge in [-0.05, 0) is 42.0 Å². The van der Waals surface area contributed by atoms with E-state index in [1.54, 1.807) is 6.92 Å². The van der Waals surface area contributed by atoms with Crippen molar-refractivity contribution in [3.05, 3.63) is 59.9 Å². The van der Waals surface area contributed by atoms with Gasteiger partial charge in [0, 0.05) is 17.0 Å². The number of aliphatic hydroxyl groups is 1. The summed E-state index contributed by atoms with van der Waals surface area (Å²) in [7, 11) is 0. The van der Waals surface area contributed by atoms with E-state index in [0.29, 0.717) is 12.0 Å². The van der Waals surface area contributed by atoms with Crippen LogP contribution in [-0.2, 0) is 9.59 Å². The Kier molecular flexibility index (Phi) is 5.39. The third kappa shape index (κ3) is 3.08. The van der Waals surface area contributed by atoms with E-state index >= 15 is 0 Å². The molecule has 6 nitrogen and oxygen atoms in total. The Hall–Kier alpha value is -1.61. The number of aliphatic hydroxyl groups excluding tert-OH is 1. The van der Waals surface area contributed by atoms with E-state index in [1.807, 2.05) is 48.7 Å². The second kappa shape index (κ2) is 7.57. The van der Waals surface area contributed by atoms with Crippen LogP contribution < -0.4 is 56.5 Å². The Morgan fingerprint density at radius 1 is 1.24 bits per heavy atom. The number of carbonyl (C=O) groups excluding carboxylic acids is 2. The zero-order chi connectivity index (χ0) is 19.6. The number of pyridine rings is 1. The summed E-state index contributed by atoms with van der Waals surface area (Å²) in [5, 5.41) is 24.7. The van der Waals surface area contributed by atoms with Gasteiger partial charge in [-0.1, -0.05) is 30.3 Å². The first kappa shape index (κ1) is 20.7. The number of hydrogen-bond donors (Lipinski definition) is 1. The first-order valence-electron chi connectivity index (χ1n) is 9.21. The molecule has 3 heterocycles. The van der Waals surface area contributed by atoms with Crippen LogP contribution in [-0.4, -0.2) is 39.0 Å². The zero-order valence-corrected chi connectivity index (χ0v) is 19.2. The summed E-state index contributed by atoms with van der Waals surface area (Å²) in [4.78, 5) is 30.0. The topological polar surface area (TPSA) is 93.6 Å². The molecule has 0 saturated carbocycles. The van der Waals surface area contributed by atoms with Crippen LogP contribution in [0.1, 0.15) is 18.9 Å². The molecule has 0 radical (unpaired) electrons. The van der Waals surface area contributed by atoms with E-state index in [1.165, 1.54) is 4.90 Å². The monoisotopic (exact) mass is 412 g/mol. The number of hydrogen-bond acceptors (Lipinski definition) is 5. The van der Waals surface area contributed by atoms with Crippen molar-refractivity contribution >= 4 is 39.1 Å². The van der Waals surface area contributed by atoms with Crippen LogP contribution in [0.2, 0.25) is 0 Å². The van der Waals surface area contributed by atoms with Crippen molar-refractivity contribution in [2.24, 2.45) is 5.92 Å². The molecule has 29 heavy (non-hydrogen) atoms. The van der Waals surface area contributed by atoms with Gasteiger partial charge in [-0.3, -0.25) is 9.78 Å². The summed E-state index contributed by atoms with van der Waals surface area (Å²) in [6.07, 6.45) is 1.38. The number of fused-ring (bicyclic) bond motifs is 4. The van der Waals surface area contributed by atoms with Gasteiger partial charge in [-0.25, -0.2) is 0 Å². The molecule has 3 atom stereocenters. The number of carboxylic acid groups (broad SMARTS) is 1. The van der Waals surface area contributed by atoms with Gasteiger partial charge in [0.05, 0.1) is 35.2 Å². The molecule has 5 rings (SSSR count). The second-order valence-electron chi connectivity index (χ2n) is 7.44. The molecule has 2 aliphatic heterocycles. The van der Waals surface area contributed by atoms with E-state index in [0.717, 1.165) is 27.2 Å². The van der Waals surface area contributed by atoms with Crippen LogP contribution in [0.4, 0.5) is 0 Å². The van der Waals surface area contributed by atoms with Crippen LogP contribution in [0, 0.1) is 5.92 Å². The number of aromatic nitrogens is 1. The summed E-state index contributed by atoms with van der Waals surface area (Å²) in [6.45, 7) is 1.56. The minimum absolute atomic E-state index is 0. The van der Waals surface area contributed by atoms with E-state index in [-0.39, 0.29) is 69.0 Å². The van der Waals surface area contributed by atoms with Gasteiger partial charge in [-0.15, -0.1) is 0 Å². The minimum atomic E-state index is -1.37. The number of amides is 1. The van der Waals surface area contributed by atoms with Gasteiger partial charge in [0.25, 0.3) is 0 Å². The average molecular weight is 412 g/mol. The van der Waals surface area contributed by atoms with Crippen molar-refractivity contribution in [3.63, 3.8) is 0 Å². The summed E-state index contributed by atoms with van der Waals surface area (Å²) in [5.41, 5.74) is 2.03. The van der Waals surface area contributed by atoms with E-state index in [4.69, 9.17) is 0 Å². The molecule has 1 saturated heterocycles. The Morgan fingerprint density at radius 3 is 2.72 bits per heavy atom. The van der Waals surface area contributed by atoms with Crippen molar-refractivity contribution in [1.82, 2.24) is 9.88 Å². The smallest absolute Gasteiger partial charge is 0.543 e. The van der Waals surface area contributed by atoms with Crippen molar-refractivity contribution in [1.29, 1.82) is 0 Å².